The molecule has 1 fully saturated rings. The third-order valence-electron chi connectivity index (χ3n) is 7.90. The highest BCUT2D eigenvalue weighted by atomic mass is 16.4. The summed E-state index contributed by atoms with van der Waals surface area (Å²) in [6.07, 6.45) is 2.18. The normalized spacial score (nSPS) is 17.3. The van der Waals surface area contributed by atoms with Crippen molar-refractivity contribution in [2.24, 2.45) is 23.3 Å². The number of aliphatic carboxylic acids is 1. The highest BCUT2D eigenvalue weighted by Crippen LogP contribution is 2.19. The second-order valence-electron chi connectivity index (χ2n) is 12.9. The smallest absolute Gasteiger partial charge is 0.305 e. The summed E-state index contributed by atoms with van der Waals surface area (Å²) < 4.78 is 0. The molecule has 49 heavy (non-hydrogen) atoms. The lowest BCUT2D eigenvalue weighted by Gasteiger charge is -2.28. The van der Waals surface area contributed by atoms with Crippen LogP contribution in [0.1, 0.15) is 72.6 Å². The van der Waals surface area contributed by atoms with E-state index in [9.17, 15) is 43.5 Å². The van der Waals surface area contributed by atoms with Crippen molar-refractivity contribution >= 4 is 47.7 Å². The van der Waals surface area contributed by atoms with Gasteiger partial charge in [0.15, 0.2) is 0 Å². The highest BCUT2D eigenvalue weighted by molar-refractivity contribution is 5.96. The number of rotatable bonds is 22. The number of aliphatic hydroxyl groups excluding tert-OH is 1. The second kappa shape index (κ2) is 21.7. The molecule has 0 aromatic heterocycles. The van der Waals surface area contributed by atoms with Crippen molar-refractivity contribution < 1.29 is 48.6 Å². The zero-order chi connectivity index (χ0) is 37.3. The van der Waals surface area contributed by atoms with E-state index in [-0.39, 0.29) is 37.6 Å². The van der Waals surface area contributed by atoms with E-state index in [2.05, 4.69) is 26.6 Å². The Bertz CT molecular complexity index is 1170. The number of nitrogens with zero attached hydrogens (tertiary/aromatic N) is 1. The van der Waals surface area contributed by atoms with E-state index >= 15 is 0 Å². The molecule has 278 valence electrons. The molecule has 0 bridgehead atoms. The third-order valence-corrected chi connectivity index (χ3v) is 7.90. The molecule has 18 heteroatoms. The van der Waals surface area contributed by atoms with Crippen LogP contribution in [0, 0.1) is 11.8 Å². The number of nitrogens with two attached hydrogens (primary N) is 2. The van der Waals surface area contributed by atoms with Crippen LogP contribution in [0.2, 0.25) is 0 Å². The van der Waals surface area contributed by atoms with Gasteiger partial charge in [-0.2, -0.15) is 0 Å². The molecule has 6 amide bonds. The molecule has 18 nitrogen and oxygen atoms in total. The number of carbonyl (C=O) groups is 8. The summed E-state index contributed by atoms with van der Waals surface area (Å²) in [5.74, 6) is -5.85. The number of aliphatic hydroxyl groups is 1. The van der Waals surface area contributed by atoms with Crippen LogP contribution in [0.5, 0.6) is 0 Å². The molecule has 0 unspecified atom stereocenters. The number of amides is 6. The molecule has 0 saturated carbocycles. The van der Waals surface area contributed by atoms with Crippen molar-refractivity contribution in [2.45, 2.75) is 109 Å². The highest BCUT2D eigenvalue weighted by Gasteiger charge is 2.38. The first-order valence-electron chi connectivity index (χ1n) is 16.6. The maximum Gasteiger partial charge on any atom is 0.305 e. The average Bonchev–Trinajstić information content (AvgIpc) is 3.53. The van der Waals surface area contributed by atoms with Gasteiger partial charge in [-0.1, -0.05) is 27.7 Å². The number of likely N-dealkylation sites (tertiary alicyclic amines) is 1. The molecule has 1 heterocycles. The van der Waals surface area contributed by atoms with Crippen LogP contribution in [-0.2, 0) is 38.4 Å². The summed E-state index contributed by atoms with van der Waals surface area (Å²) in [5, 5.41) is 31.2. The van der Waals surface area contributed by atoms with Gasteiger partial charge in [-0.25, -0.2) is 0 Å². The van der Waals surface area contributed by atoms with Gasteiger partial charge in [0, 0.05) is 6.54 Å². The molecule has 1 aliphatic rings. The van der Waals surface area contributed by atoms with E-state index < -0.39 is 97.2 Å². The zero-order valence-corrected chi connectivity index (χ0v) is 28.7. The van der Waals surface area contributed by atoms with Crippen molar-refractivity contribution in [3.63, 3.8) is 0 Å². The number of hydrogen-bond donors (Lipinski definition) is 9. The standard InChI is InChI=1S/C31H54N8O10/c1-17(2)12-21(29(47)36-20(8-5-6-10-32)28(46)37-22(15-40)18(3)4)35-25(42)14-34-30(48)24-9-7-11-39(24)31(49)23(16-41)38-27(45)19(33)13-26(43)44/h15,17-24,41H,5-14,16,32-33H2,1-4H3,(H,34,48)(H,35,42)(H,36,47)(H,37,46)(H,38,45)(H,43,44)/t19-,20-,21-,22+,23-,24-/m0/s1. The van der Waals surface area contributed by atoms with Gasteiger partial charge in [-0.15, -0.1) is 0 Å². The van der Waals surface area contributed by atoms with E-state index in [0.29, 0.717) is 32.1 Å². The molecule has 0 spiro atoms. The molecule has 0 aromatic carbocycles. The van der Waals surface area contributed by atoms with Crippen molar-refractivity contribution in [3.05, 3.63) is 0 Å². The van der Waals surface area contributed by atoms with Gasteiger partial charge in [-0.3, -0.25) is 33.6 Å². The van der Waals surface area contributed by atoms with Gasteiger partial charge in [0.05, 0.1) is 31.7 Å². The summed E-state index contributed by atoms with van der Waals surface area (Å²) in [6, 6.07) is -6.77. The molecule has 1 aliphatic heterocycles. The molecule has 6 atom stereocenters. The topological polar surface area (TPSA) is 292 Å². The lowest BCUT2D eigenvalue weighted by Crippen LogP contribution is -2.58. The molecular formula is C31H54N8O10. The fraction of sp³-hybridized carbons (Fsp3) is 0.742. The first-order valence-corrected chi connectivity index (χ1v) is 16.6. The minimum absolute atomic E-state index is 0.0489. The van der Waals surface area contributed by atoms with Gasteiger partial charge in [-0.05, 0) is 56.9 Å². The number of unbranched alkanes of at least 4 members (excludes halogenated alkanes) is 1. The predicted octanol–water partition coefficient (Wildman–Crippen LogP) is -3.14. The van der Waals surface area contributed by atoms with Gasteiger partial charge in [0.1, 0.15) is 30.5 Å². The minimum Gasteiger partial charge on any atom is -0.481 e. The molecular weight excluding hydrogens is 644 g/mol. The summed E-state index contributed by atoms with van der Waals surface area (Å²) in [6.45, 7) is 6.35. The maximum atomic E-state index is 13.4. The molecule has 1 saturated heterocycles. The second-order valence-corrected chi connectivity index (χ2v) is 12.9. The Balaban J connectivity index is 2.91. The van der Waals surface area contributed by atoms with Crippen molar-refractivity contribution in [3.8, 4) is 0 Å². The van der Waals surface area contributed by atoms with E-state index in [4.69, 9.17) is 16.6 Å². The van der Waals surface area contributed by atoms with Crippen LogP contribution in [0.3, 0.4) is 0 Å². The Morgan fingerprint density at radius 1 is 0.898 bits per heavy atom. The van der Waals surface area contributed by atoms with Gasteiger partial charge >= 0.3 is 5.97 Å². The fourth-order valence-electron chi connectivity index (χ4n) is 5.14. The number of aldehydes is 1. The van der Waals surface area contributed by atoms with Crippen molar-refractivity contribution in [2.75, 3.05) is 26.2 Å². The summed E-state index contributed by atoms with van der Waals surface area (Å²) in [4.78, 5) is 101. The van der Waals surface area contributed by atoms with E-state index in [1.54, 1.807) is 13.8 Å². The SMILES string of the molecule is CC(C)C[C@H](NC(=O)CNC(=O)[C@@H]1CCCN1C(=O)[C@H](CO)NC(=O)[C@@H](N)CC(=O)O)C(=O)N[C@@H](CCCCN)C(=O)N[C@H](C=O)C(C)C. The number of carbonyl (C=O) groups excluding carboxylic acids is 7. The molecule has 11 N–H and O–H groups in total. The van der Waals surface area contributed by atoms with E-state index in [1.165, 1.54) is 0 Å². The number of carboxylic acid groups (broad SMARTS) is 1. The Labute approximate surface area is 286 Å². The fourth-order valence-corrected chi connectivity index (χ4v) is 5.14. The first-order chi connectivity index (χ1) is 23.1. The third kappa shape index (κ3) is 14.9. The molecule has 0 aliphatic carbocycles. The van der Waals surface area contributed by atoms with Crippen LogP contribution in [-0.4, -0.2) is 125 Å². The number of hydrogen-bond acceptors (Lipinski definition) is 11. The quantitative estimate of drug-likeness (QED) is 0.0400. The lowest BCUT2D eigenvalue weighted by molar-refractivity contribution is -0.143. The number of nitrogens with one attached hydrogen (secondary N) is 5. The van der Waals surface area contributed by atoms with Crippen LogP contribution in [0.4, 0.5) is 0 Å². The van der Waals surface area contributed by atoms with Gasteiger partial charge < -0.3 is 58.0 Å². The summed E-state index contributed by atoms with van der Waals surface area (Å²) >= 11 is 0. The maximum absolute atomic E-state index is 13.4. The minimum atomic E-state index is -1.48. The van der Waals surface area contributed by atoms with E-state index in [1.807, 2.05) is 13.8 Å². The molecule has 1 rings (SSSR count). The summed E-state index contributed by atoms with van der Waals surface area (Å²) in [7, 11) is 0. The van der Waals surface area contributed by atoms with Crippen LogP contribution in [0.25, 0.3) is 0 Å². The Morgan fingerprint density at radius 3 is 2.08 bits per heavy atom. The number of carboxylic acids is 1. The van der Waals surface area contributed by atoms with Crippen molar-refractivity contribution in [1.82, 2.24) is 31.5 Å². The summed E-state index contributed by atoms with van der Waals surface area (Å²) in [5.41, 5.74) is 11.1. The Morgan fingerprint density at radius 2 is 1.53 bits per heavy atom. The first kappa shape index (κ1) is 42.9. The van der Waals surface area contributed by atoms with Crippen LogP contribution >= 0.6 is 0 Å². The van der Waals surface area contributed by atoms with Crippen molar-refractivity contribution in [1.29, 1.82) is 0 Å². The van der Waals surface area contributed by atoms with Crippen LogP contribution < -0.4 is 38.1 Å². The lowest BCUT2D eigenvalue weighted by atomic mass is 10.0. The van der Waals surface area contributed by atoms with Crippen LogP contribution in [0.15, 0.2) is 0 Å². The van der Waals surface area contributed by atoms with E-state index in [0.717, 1.165) is 4.90 Å². The monoisotopic (exact) mass is 698 g/mol. The van der Waals surface area contributed by atoms with Gasteiger partial charge in [0.25, 0.3) is 0 Å². The predicted molar refractivity (Wildman–Crippen MR) is 176 cm³/mol. The Kier molecular flexibility index (Phi) is 19.0. The average molecular weight is 699 g/mol. The largest absolute Gasteiger partial charge is 0.481 e. The van der Waals surface area contributed by atoms with Gasteiger partial charge in [0.2, 0.25) is 35.4 Å². The zero-order valence-electron chi connectivity index (χ0n) is 28.7. The molecule has 0 aromatic rings. The Hall–Kier alpha value is -4.16. The molecule has 0 radical (unpaired) electrons.